The van der Waals surface area contributed by atoms with Crippen LogP contribution in [0.1, 0.15) is 43.0 Å². The summed E-state index contributed by atoms with van der Waals surface area (Å²) < 4.78 is 29.0. The van der Waals surface area contributed by atoms with E-state index in [2.05, 4.69) is 5.32 Å². The van der Waals surface area contributed by atoms with Gasteiger partial charge in [0.25, 0.3) is 10.0 Å². The van der Waals surface area contributed by atoms with Crippen LogP contribution in [0.15, 0.2) is 71.6 Å². The number of carbonyl (C=O) groups excluding carboxylic acids is 2. The Kier molecular flexibility index (Phi) is 9.80. The lowest BCUT2D eigenvalue weighted by Crippen LogP contribution is -2.52. The van der Waals surface area contributed by atoms with Crippen molar-refractivity contribution in [3.05, 3.63) is 94.0 Å². The minimum absolute atomic E-state index is 0.0381. The van der Waals surface area contributed by atoms with E-state index in [4.69, 9.17) is 11.6 Å². The van der Waals surface area contributed by atoms with Crippen molar-refractivity contribution in [1.82, 2.24) is 10.2 Å². The SMILES string of the molecule is Cc1ccc(S(=O)(=O)N(CC(=O)N(Cc2ccccc2Cl)C(C)C(=O)NC(C)C)c2cc(C)cc(C)c2)cc1. The van der Waals surface area contributed by atoms with Gasteiger partial charge in [-0.2, -0.15) is 0 Å². The van der Waals surface area contributed by atoms with Crippen LogP contribution >= 0.6 is 11.6 Å². The molecular weight excluding hydrogens is 534 g/mol. The molecule has 1 atom stereocenters. The van der Waals surface area contributed by atoms with Gasteiger partial charge in [-0.1, -0.05) is 53.6 Å². The number of halogens is 1. The Morgan fingerprint density at radius 2 is 1.46 bits per heavy atom. The van der Waals surface area contributed by atoms with Crippen LogP contribution < -0.4 is 9.62 Å². The average Bonchev–Trinajstić information content (AvgIpc) is 2.85. The lowest BCUT2D eigenvalue weighted by atomic mass is 10.1. The molecule has 7 nitrogen and oxygen atoms in total. The number of sulfonamides is 1. The third kappa shape index (κ3) is 7.61. The topological polar surface area (TPSA) is 86.8 Å². The van der Waals surface area contributed by atoms with Gasteiger partial charge in [-0.3, -0.25) is 13.9 Å². The van der Waals surface area contributed by atoms with Gasteiger partial charge in [-0.15, -0.1) is 0 Å². The molecule has 3 aromatic rings. The Hall–Kier alpha value is -3.36. The Morgan fingerprint density at radius 3 is 2.03 bits per heavy atom. The normalized spacial score (nSPS) is 12.2. The van der Waals surface area contributed by atoms with E-state index in [-0.39, 0.29) is 23.4 Å². The summed E-state index contributed by atoms with van der Waals surface area (Å²) in [5.74, 6) is -0.874. The molecule has 0 saturated heterocycles. The molecule has 2 amide bonds. The van der Waals surface area contributed by atoms with Gasteiger partial charge in [0.05, 0.1) is 10.6 Å². The highest BCUT2D eigenvalue weighted by atomic mass is 35.5. The van der Waals surface area contributed by atoms with Crippen molar-refractivity contribution in [2.75, 3.05) is 10.8 Å². The molecule has 0 bridgehead atoms. The fourth-order valence-corrected chi connectivity index (χ4v) is 5.85. The maximum absolute atomic E-state index is 14.0. The molecule has 9 heteroatoms. The molecule has 0 aromatic heterocycles. The number of hydrogen-bond donors (Lipinski definition) is 1. The second kappa shape index (κ2) is 12.7. The predicted molar refractivity (Wildman–Crippen MR) is 156 cm³/mol. The Balaban J connectivity index is 2.08. The molecule has 0 heterocycles. The van der Waals surface area contributed by atoms with Gasteiger partial charge in [-0.25, -0.2) is 8.42 Å². The first-order valence-corrected chi connectivity index (χ1v) is 14.6. The summed E-state index contributed by atoms with van der Waals surface area (Å²) in [6.45, 7) is 10.5. The van der Waals surface area contributed by atoms with Gasteiger partial charge in [0.15, 0.2) is 0 Å². The van der Waals surface area contributed by atoms with Crippen molar-refractivity contribution in [1.29, 1.82) is 0 Å². The van der Waals surface area contributed by atoms with Gasteiger partial charge in [0, 0.05) is 17.6 Å². The van der Waals surface area contributed by atoms with E-state index < -0.39 is 28.5 Å². The Bertz CT molecular complexity index is 1420. The highest BCUT2D eigenvalue weighted by Crippen LogP contribution is 2.27. The fourth-order valence-electron chi connectivity index (χ4n) is 4.26. The molecule has 1 unspecified atom stereocenters. The van der Waals surface area contributed by atoms with Crippen LogP contribution in [0, 0.1) is 20.8 Å². The van der Waals surface area contributed by atoms with Crippen LogP contribution in [-0.2, 0) is 26.2 Å². The van der Waals surface area contributed by atoms with Crippen molar-refractivity contribution >= 4 is 39.1 Å². The standard InChI is InChI=1S/C30H36ClN3O4S/c1-20(2)32-30(36)24(6)33(18-25-9-7-8-10-28(25)31)29(35)19-34(26-16-22(4)15-23(5)17-26)39(37,38)27-13-11-21(3)12-14-27/h7-17,20,24H,18-19H2,1-6H3,(H,32,36). The van der Waals surface area contributed by atoms with Gasteiger partial charge in [0.2, 0.25) is 11.8 Å². The zero-order valence-corrected chi connectivity index (χ0v) is 24.8. The number of nitrogens with one attached hydrogen (secondary N) is 1. The van der Waals surface area contributed by atoms with Crippen LogP contribution in [0.5, 0.6) is 0 Å². The second-order valence-corrected chi connectivity index (χ2v) is 12.4. The molecule has 39 heavy (non-hydrogen) atoms. The van der Waals surface area contributed by atoms with E-state index in [1.807, 2.05) is 40.7 Å². The molecule has 0 aliphatic carbocycles. The third-order valence-electron chi connectivity index (χ3n) is 6.28. The van der Waals surface area contributed by atoms with Crippen molar-refractivity contribution in [2.45, 2.75) is 65.1 Å². The van der Waals surface area contributed by atoms with Crippen LogP contribution in [0.4, 0.5) is 5.69 Å². The highest BCUT2D eigenvalue weighted by Gasteiger charge is 2.33. The Labute approximate surface area is 236 Å². The molecule has 0 fully saturated rings. The monoisotopic (exact) mass is 569 g/mol. The second-order valence-electron chi connectivity index (χ2n) is 10.1. The maximum Gasteiger partial charge on any atom is 0.264 e. The zero-order valence-electron chi connectivity index (χ0n) is 23.2. The summed E-state index contributed by atoms with van der Waals surface area (Å²) in [6, 6.07) is 18.0. The molecule has 0 aliphatic heterocycles. The highest BCUT2D eigenvalue weighted by molar-refractivity contribution is 7.92. The van der Waals surface area contributed by atoms with Crippen molar-refractivity contribution in [3.8, 4) is 0 Å². The third-order valence-corrected chi connectivity index (χ3v) is 8.44. The molecule has 0 aliphatic rings. The molecule has 0 radical (unpaired) electrons. The first kappa shape index (κ1) is 30.2. The van der Waals surface area contributed by atoms with Gasteiger partial charge >= 0.3 is 0 Å². The number of aryl methyl sites for hydroxylation is 3. The molecule has 0 spiro atoms. The summed E-state index contributed by atoms with van der Waals surface area (Å²) in [5.41, 5.74) is 3.66. The molecule has 3 aromatic carbocycles. The number of nitrogens with zero attached hydrogens (tertiary/aromatic N) is 2. The molecule has 0 saturated carbocycles. The molecular formula is C30H36ClN3O4S. The first-order chi connectivity index (χ1) is 18.3. The number of rotatable bonds is 10. The van der Waals surface area contributed by atoms with Crippen molar-refractivity contribution < 1.29 is 18.0 Å². The molecule has 1 N–H and O–H groups in total. The van der Waals surface area contributed by atoms with E-state index in [0.29, 0.717) is 16.3 Å². The van der Waals surface area contributed by atoms with Gasteiger partial charge in [0.1, 0.15) is 12.6 Å². The number of carbonyl (C=O) groups is 2. The average molecular weight is 570 g/mol. The first-order valence-electron chi connectivity index (χ1n) is 12.8. The van der Waals surface area contributed by atoms with E-state index in [9.17, 15) is 18.0 Å². The summed E-state index contributed by atoms with van der Waals surface area (Å²) >= 11 is 6.40. The lowest BCUT2D eigenvalue weighted by Gasteiger charge is -2.32. The van der Waals surface area contributed by atoms with E-state index in [0.717, 1.165) is 21.0 Å². The number of amides is 2. The van der Waals surface area contributed by atoms with Crippen LogP contribution in [-0.4, -0.2) is 43.8 Å². The predicted octanol–water partition coefficient (Wildman–Crippen LogP) is 5.40. The van der Waals surface area contributed by atoms with Gasteiger partial charge < -0.3 is 10.2 Å². The minimum atomic E-state index is -4.12. The molecule has 208 valence electrons. The summed E-state index contributed by atoms with van der Waals surface area (Å²) in [4.78, 5) is 28.4. The van der Waals surface area contributed by atoms with E-state index >= 15 is 0 Å². The Morgan fingerprint density at radius 1 is 0.872 bits per heavy atom. The molecule has 3 rings (SSSR count). The van der Waals surface area contributed by atoms with Crippen LogP contribution in [0.2, 0.25) is 5.02 Å². The largest absolute Gasteiger partial charge is 0.352 e. The van der Waals surface area contributed by atoms with E-state index in [1.54, 1.807) is 55.5 Å². The van der Waals surface area contributed by atoms with Gasteiger partial charge in [-0.05, 0) is 88.6 Å². The van der Waals surface area contributed by atoms with Crippen LogP contribution in [0.25, 0.3) is 0 Å². The number of anilines is 1. The van der Waals surface area contributed by atoms with Crippen molar-refractivity contribution in [2.24, 2.45) is 0 Å². The zero-order chi connectivity index (χ0) is 28.9. The fraction of sp³-hybridized carbons (Fsp3) is 0.333. The summed E-state index contributed by atoms with van der Waals surface area (Å²) in [7, 11) is -4.12. The number of hydrogen-bond acceptors (Lipinski definition) is 4. The maximum atomic E-state index is 14.0. The number of benzene rings is 3. The lowest BCUT2D eigenvalue weighted by molar-refractivity contribution is -0.139. The minimum Gasteiger partial charge on any atom is -0.352 e. The van der Waals surface area contributed by atoms with Crippen molar-refractivity contribution in [3.63, 3.8) is 0 Å². The summed E-state index contributed by atoms with van der Waals surface area (Å²) in [5, 5.41) is 3.29. The quantitative estimate of drug-likeness (QED) is 0.354. The van der Waals surface area contributed by atoms with E-state index in [1.165, 1.54) is 17.0 Å². The van der Waals surface area contributed by atoms with Crippen LogP contribution in [0.3, 0.4) is 0 Å². The smallest absolute Gasteiger partial charge is 0.264 e. The summed E-state index contributed by atoms with van der Waals surface area (Å²) in [6.07, 6.45) is 0.